The number of imidazole rings is 1. The van der Waals surface area contributed by atoms with Crippen LogP contribution in [0.3, 0.4) is 0 Å². The van der Waals surface area contributed by atoms with Crippen molar-refractivity contribution in [2.24, 2.45) is 0 Å². The average molecular weight is 388 g/mol. The fourth-order valence-corrected chi connectivity index (χ4v) is 3.36. The monoisotopic (exact) mass is 387 g/mol. The molecule has 2 heterocycles. The number of hydrogen-bond donors (Lipinski definition) is 2. The Balaban J connectivity index is 1.57. The summed E-state index contributed by atoms with van der Waals surface area (Å²) in [5.74, 6) is -0.337. The first-order valence-corrected chi connectivity index (χ1v) is 8.98. The first-order valence-electron chi connectivity index (χ1n) is 7.62. The third-order valence-electron chi connectivity index (χ3n) is 3.70. The van der Waals surface area contributed by atoms with E-state index >= 15 is 0 Å². The van der Waals surface area contributed by atoms with E-state index in [1.165, 1.54) is 16.4 Å². The van der Waals surface area contributed by atoms with Gasteiger partial charge < -0.3 is 4.98 Å². The van der Waals surface area contributed by atoms with Crippen molar-refractivity contribution in [2.75, 3.05) is 5.75 Å². The van der Waals surface area contributed by atoms with Crippen molar-refractivity contribution < 1.29 is 14.0 Å². The number of thioether (sulfide) groups is 1. The lowest BCUT2D eigenvalue weighted by molar-refractivity contribution is -0.672. The molecule has 4 rings (SSSR count). The third-order valence-corrected chi connectivity index (χ3v) is 4.83. The molecule has 9 heteroatoms. The van der Waals surface area contributed by atoms with Gasteiger partial charge in [-0.25, -0.2) is 9.78 Å². The van der Waals surface area contributed by atoms with Crippen molar-refractivity contribution in [1.29, 1.82) is 0 Å². The van der Waals surface area contributed by atoms with Crippen molar-refractivity contribution in [3.8, 4) is 5.69 Å². The second kappa shape index (κ2) is 6.81. The molecule has 0 fully saturated rings. The molecule has 0 amide bonds. The molecule has 0 bridgehead atoms. The smallest absolute Gasteiger partial charge is 0.333 e. The number of nitrogens with one attached hydrogen (secondary N) is 2. The summed E-state index contributed by atoms with van der Waals surface area (Å²) in [6.07, 6.45) is 0. The Bertz CT molecular complexity index is 1110. The number of Topliss-reactive ketones (excluding diaryl/α,β-unsaturated/α-hetero) is 1. The second-order valence-corrected chi connectivity index (χ2v) is 6.81. The Kier molecular flexibility index (Phi) is 4.36. The van der Waals surface area contributed by atoms with Gasteiger partial charge in [-0.15, -0.1) is 0 Å². The van der Waals surface area contributed by atoms with Gasteiger partial charge >= 0.3 is 11.3 Å². The number of benzene rings is 2. The highest BCUT2D eigenvalue weighted by molar-refractivity contribution is 7.99. The number of ketones is 1. The number of nitrogens with zero attached hydrogens (tertiary/aromatic N) is 2. The number of hydrogen-bond acceptors (Lipinski definition) is 5. The summed E-state index contributed by atoms with van der Waals surface area (Å²) in [5, 5.41) is 3.60. The maximum absolute atomic E-state index is 12.6. The van der Waals surface area contributed by atoms with Gasteiger partial charge in [-0.05, 0) is 34.2 Å². The lowest BCUT2D eigenvalue weighted by Gasteiger charge is -1.95. The lowest BCUT2D eigenvalue weighted by atomic mass is 10.3. The van der Waals surface area contributed by atoms with Crippen molar-refractivity contribution in [3.63, 3.8) is 0 Å². The van der Waals surface area contributed by atoms with Crippen molar-refractivity contribution in [2.45, 2.75) is 5.16 Å². The zero-order valence-corrected chi connectivity index (χ0v) is 14.8. The van der Waals surface area contributed by atoms with Crippen LogP contribution >= 0.6 is 23.4 Å². The minimum absolute atomic E-state index is 0.0377. The fourth-order valence-electron chi connectivity index (χ4n) is 2.48. The fraction of sp³-hybridized carbons (Fsp3) is 0.0588. The summed E-state index contributed by atoms with van der Waals surface area (Å²) in [5.41, 5.74) is 1.46. The molecule has 0 aliphatic heterocycles. The van der Waals surface area contributed by atoms with E-state index in [-0.39, 0.29) is 17.2 Å². The molecule has 26 heavy (non-hydrogen) atoms. The predicted octanol–water partition coefficient (Wildman–Crippen LogP) is 2.75. The summed E-state index contributed by atoms with van der Waals surface area (Å²) in [4.78, 5) is 32.1. The first-order chi connectivity index (χ1) is 12.6. The number of carbonyl (C=O) groups excluding carboxylic acids is 1. The number of fused-ring (bicyclic) bond motifs is 1. The zero-order chi connectivity index (χ0) is 18.1. The minimum atomic E-state index is -0.727. The van der Waals surface area contributed by atoms with E-state index in [2.05, 4.69) is 15.2 Å². The van der Waals surface area contributed by atoms with Crippen LogP contribution in [0.25, 0.3) is 16.7 Å². The number of carbonyl (C=O) groups is 1. The van der Waals surface area contributed by atoms with Gasteiger partial charge in [-0.3, -0.25) is 9.32 Å². The van der Waals surface area contributed by atoms with Gasteiger partial charge in [0.15, 0.2) is 5.16 Å². The largest absolute Gasteiger partial charge is 0.438 e. The second-order valence-electron chi connectivity index (χ2n) is 5.41. The van der Waals surface area contributed by atoms with Crippen LogP contribution in [0.4, 0.5) is 0 Å². The van der Waals surface area contributed by atoms with E-state index in [0.29, 0.717) is 15.9 Å². The number of aromatic amines is 2. The highest BCUT2D eigenvalue weighted by Crippen LogP contribution is 2.19. The molecule has 2 N–H and O–H groups in total. The van der Waals surface area contributed by atoms with E-state index in [1.54, 1.807) is 24.3 Å². The zero-order valence-electron chi connectivity index (χ0n) is 13.2. The maximum Gasteiger partial charge on any atom is 0.438 e. The quantitative estimate of drug-likeness (QED) is 0.312. The maximum atomic E-state index is 12.6. The van der Waals surface area contributed by atoms with E-state index in [0.717, 1.165) is 11.0 Å². The third kappa shape index (κ3) is 3.16. The molecule has 0 saturated carbocycles. The summed E-state index contributed by atoms with van der Waals surface area (Å²) >= 11 is 7.09. The summed E-state index contributed by atoms with van der Waals surface area (Å²) in [7, 11) is 0. The molecule has 0 aliphatic rings. The Labute approximate surface area is 155 Å². The van der Waals surface area contributed by atoms with Gasteiger partial charge in [0.2, 0.25) is 11.5 Å². The van der Waals surface area contributed by atoms with E-state index in [9.17, 15) is 9.59 Å². The first kappa shape index (κ1) is 16.6. The van der Waals surface area contributed by atoms with Gasteiger partial charge in [0.25, 0.3) is 0 Å². The molecule has 0 unspecified atom stereocenters. The average Bonchev–Trinajstić information content (AvgIpc) is 3.23. The highest BCUT2D eigenvalue weighted by Gasteiger charge is 2.30. The Morgan fingerprint density at radius 3 is 2.73 bits per heavy atom. The number of para-hydroxylation sites is 2. The van der Waals surface area contributed by atoms with Crippen LogP contribution in [-0.2, 0) is 0 Å². The van der Waals surface area contributed by atoms with Crippen LogP contribution in [-0.4, -0.2) is 26.8 Å². The molecule has 4 aromatic rings. The topological polar surface area (TPSA) is 95.6 Å². The van der Waals surface area contributed by atoms with E-state index < -0.39 is 5.63 Å². The van der Waals surface area contributed by atoms with Gasteiger partial charge in [-0.1, -0.05) is 35.5 Å². The van der Waals surface area contributed by atoms with Crippen LogP contribution in [0, 0.1) is 0 Å². The van der Waals surface area contributed by atoms with Crippen LogP contribution in [0.2, 0.25) is 5.02 Å². The Morgan fingerprint density at radius 1 is 1.19 bits per heavy atom. The number of halogens is 1. The molecule has 2 aromatic carbocycles. The predicted molar refractivity (Wildman–Crippen MR) is 97.0 cm³/mol. The van der Waals surface area contributed by atoms with E-state index in [1.807, 2.05) is 24.3 Å². The molecular weight excluding hydrogens is 376 g/mol. The Hall–Kier alpha value is -2.84. The number of rotatable bonds is 5. The lowest BCUT2D eigenvalue weighted by Crippen LogP contribution is -2.41. The summed E-state index contributed by atoms with van der Waals surface area (Å²) < 4.78 is 6.10. The molecule has 0 saturated heterocycles. The molecule has 130 valence electrons. The van der Waals surface area contributed by atoms with Gasteiger partial charge in [-0.2, -0.15) is 0 Å². The number of aromatic nitrogens is 4. The Morgan fingerprint density at radius 2 is 1.96 bits per heavy atom. The molecule has 0 radical (unpaired) electrons. The van der Waals surface area contributed by atoms with Crippen molar-refractivity contribution in [3.05, 3.63) is 69.7 Å². The molecular formula is C17H12ClN4O3S+. The van der Waals surface area contributed by atoms with Crippen molar-refractivity contribution >= 4 is 40.2 Å². The molecule has 2 aromatic heterocycles. The van der Waals surface area contributed by atoms with Crippen LogP contribution in [0.1, 0.15) is 10.5 Å². The molecule has 0 atom stereocenters. The van der Waals surface area contributed by atoms with Gasteiger partial charge in [0.05, 0.1) is 16.8 Å². The van der Waals surface area contributed by atoms with Gasteiger partial charge in [0.1, 0.15) is 0 Å². The SMILES string of the molecule is O=C(CSc1nc2ccccc2[nH]1)c1c(=O)o[nH][n+]1-c1ccc(Cl)cc1. The molecule has 0 spiro atoms. The number of H-pyrrole nitrogens is 2. The van der Waals surface area contributed by atoms with Crippen LogP contribution in [0.15, 0.2) is 63.0 Å². The standard InChI is InChI=1S/C17H11ClN4O3S/c18-10-5-7-11(8-6-10)22-15(16(24)25-21-22)14(23)9-26-17-19-12-3-1-2-4-13(12)20-17/h1-8H,9H2,(H-,19,20,21,23,24)/p+1. The summed E-state index contributed by atoms with van der Waals surface area (Å²) in [6, 6.07) is 14.3. The minimum Gasteiger partial charge on any atom is -0.333 e. The highest BCUT2D eigenvalue weighted by atomic mass is 35.5. The van der Waals surface area contributed by atoms with E-state index in [4.69, 9.17) is 16.1 Å². The van der Waals surface area contributed by atoms with Crippen molar-refractivity contribution in [1.82, 2.24) is 15.2 Å². The summed E-state index contributed by atoms with van der Waals surface area (Å²) in [6.45, 7) is 0. The molecule has 0 aliphatic carbocycles. The van der Waals surface area contributed by atoms with Crippen LogP contribution in [0.5, 0.6) is 0 Å². The normalized spacial score (nSPS) is 11.1. The molecule has 7 nitrogen and oxygen atoms in total. The van der Waals surface area contributed by atoms with Crippen LogP contribution < -0.4 is 10.3 Å². The van der Waals surface area contributed by atoms with Gasteiger partial charge in [0, 0.05) is 17.2 Å².